The average molecular weight is 556 g/mol. The third-order valence-electron chi connectivity index (χ3n) is 7.44. The molecule has 2 amide bonds. The molecule has 6 heteroatoms. The molecule has 0 atom stereocenters. The van der Waals surface area contributed by atoms with Crippen LogP contribution in [0, 0.1) is 27.7 Å². The van der Waals surface area contributed by atoms with Crippen molar-refractivity contribution < 1.29 is 9.59 Å². The standard InChI is InChI=1S/C35H29N3O2S/c1-21-9-14-25(15-10-21)31-32(26-16-11-22(2)12-17-26)41-35(37-31)36-20-30-28-7-5-6-8-29(28)33(39)38(34(30)40)27-18-13-23(3)24(4)19-27/h5-20H,1-4H3,(H,36,37). The van der Waals surface area contributed by atoms with Gasteiger partial charge in [-0.15, -0.1) is 0 Å². The Balaban J connectivity index is 1.42. The molecule has 0 saturated heterocycles. The number of benzene rings is 4. The lowest BCUT2D eigenvalue weighted by Crippen LogP contribution is -2.42. The number of hydrogen-bond donors (Lipinski definition) is 1. The Morgan fingerprint density at radius 1 is 0.707 bits per heavy atom. The van der Waals surface area contributed by atoms with Crippen LogP contribution in [0.1, 0.15) is 38.2 Å². The third kappa shape index (κ3) is 4.98. The van der Waals surface area contributed by atoms with E-state index in [1.807, 2.05) is 50.2 Å². The van der Waals surface area contributed by atoms with Crippen molar-refractivity contribution in [3.05, 3.63) is 131 Å². The van der Waals surface area contributed by atoms with E-state index in [0.717, 1.165) is 32.8 Å². The van der Waals surface area contributed by atoms with Gasteiger partial charge in [-0.1, -0.05) is 95.3 Å². The van der Waals surface area contributed by atoms with E-state index in [9.17, 15) is 9.59 Å². The first-order valence-corrected chi connectivity index (χ1v) is 14.3. The number of nitrogens with one attached hydrogen (secondary N) is 1. The minimum atomic E-state index is -0.376. The van der Waals surface area contributed by atoms with Crippen LogP contribution in [0.25, 0.3) is 27.3 Å². The van der Waals surface area contributed by atoms with E-state index in [0.29, 0.717) is 27.5 Å². The molecule has 0 unspecified atom stereocenters. The fraction of sp³-hybridized carbons (Fsp3) is 0.114. The van der Waals surface area contributed by atoms with Gasteiger partial charge in [0.25, 0.3) is 11.8 Å². The molecule has 5 aromatic rings. The van der Waals surface area contributed by atoms with Crippen molar-refractivity contribution in [1.82, 2.24) is 4.98 Å². The molecule has 0 fully saturated rings. The summed E-state index contributed by atoms with van der Waals surface area (Å²) >= 11 is 1.53. The largest absolute Gasteiger partial charge is 0.337 e. The third-order valence-corrected chi connectivity index (χ3v) is 8.47. The second kappa shape index (κ2) is 10.6. The SMILES string of the molecule is Cc1ccc(-c2nc(NC=C3C(=O)N(c4ccc(C)c(C)c4)C(=O)c4ccccc43)sc2-c2ccc(C)cc2)cc1. The number of aryl methyl sites for hydroxylation is 4. The molecule has 5 nitrogen and oxygen atoms in total. The van der Waals surface area contributed by atoms with E-state index in [2.05, 4.69) is 67.7 Å². The van der Waals surface area contributed by atoms with Gasteiger partial charge in [-0.25, -0.2) is 9.88 Å². The Morgan fingerprint density at radius 2 is 1.34 bits per heavy atom. The summed E-state index contributed by atoms with van der Waals surface area (Å²) in [6.07, 6.45) is 1.68. The van der Waals surface area contributed by atoms with Crippen molar-refractivity contribution in [2.75, 3.05) is 10.2 Å². The number of aromatic nitrogens is 1. The summed E-state index contributed by atoms with van der Waals surface area (Å²) in [5.41, 5.74) is 9.51. The first kappa shape index (κ1) is 26.4. The van der Waals surface area contributed by atoms with Gasteiger partial charge < -0.3 is 5.32 Å². The molecule has 1 aromatic heterocycles. The number of carbonyl (C=O) groups excluding carboxylic acids is 2. The second-order valence-electron chi connectivity index (χ2n) is 10.4. The van der Waals surface area contributed by atoms with Crippen LogP contribution in [0.3, 0.4) is 0 Å². The Bertz CT molecular complexity index is 1770. The topological polar surface area (TPSA) is 62.3 Å². The van der Waals surface area contributed by atoms with Crippen LogP contribution in [-0.2, 0) is 4.79 Å². The van der Waals surface area contributed by atoms with Crippen LogP contribution in [0.5, 0.6) is 0 Å². The van der Waals surface area contributed by atoms with Crippen molar-refractivity contribution in [1.29, 1.82) is 0 Å². The smallest absolute Gasteiger partial charge is 0.267 e. The van der Waals surface area contributed by atoms with Crippen LogP contribution in [0.2, 0.25) is 0 Å². The van der Waals surface area contributed by atoms with Gasteiger partial charge >= 0.3 is 0 Å². The first-order chi connectivity index (χ1) is 19.8. The van der Waals surface area contributed by atoms with Crippen molar-refractivity contribution in [2.24, 2.45) is 0 Å². The molecule has 6 rings (SSSR count). The normalized spacial score (nSPS) is 14.0. The quantitative estimate of drug-likeness (QED) is 0.175. The Morgan fingerprint density at radius 3 is 2.00 bits per heavy atom. The van der Waals surface area contributed by atoms with Crippen LogP contribution in [0.4, 0.5) is 10.8 Å². The van der Waals surface area contributed by atoms with Gasteiger partial charge in [0.15, 0.2) is 5.13 Å². The number of rotatable bonds is 5. The second-order valence-corrected chi connectivity index (χ2v) is 11.4. The molecule has 1 aliphatic heterocycles. The van der Waals surface area contributed by atoms with E-state index in [4.69, 9.17) is 4.98 Å². The number of fused-ring (bicyclic) bond motifs is 1. The molecule has 0 bridgehead atoms. The lowest BCUT2D eigenvalue weighted by Gasteiger charge is -2.29. The predicted molar refractivity (Wildman–Crippen MR) is 168 cm³/mol. The lowest BCUT2D eigenvalue weighted by molar-refractivity contribution is -0.112. The molecule has 1 N–H and O–H groups in total. The average Bonchev–Trinajstić information content (AvgIpc) is 3.40. The van der Waals surface area contributed by atoms with Gasteiger partial charge in [-0.2, -0.15) is 0 Å². The number of imide groups is 1. The highest BCUT2D eigenvalue weighted by Crippen LogP contribution is 2.40. The summed E-state index contributed by atoms with van der Waals surface area (Å²) in [5, 5.41) is 3.96. The molecule has 0 aliphatic carbocycles. The van der Waals surface area contributed by atoms with Crippen LogP contribution >= 0.6 is 11.3 Å². The molecular formula is C35H29N3O2S. The molecule has 4 aromatic carbocycles. The molecule has 41 heavy (non-hydrogen) atoms. The molecule has 2 heterocycles. The summed E-state index contributed by atoms with van der Waals surface area (Å²) in [6, 6.07) is 29.6. The van der Waals surface area contributed by atoms with Gasteiger partial charge in [0.1, 0.15) is 0 Å². The number of nitrogens with zero attached hydrogens (tertiary/aromatic N) is 2. The number of anilines is 2. The lowest BCUT2D eigenvalue weighted by atomic mass is 9.93. The Hall–Kier alpha value is -4.81. The number of hydrogen-bond acceptors (Lipinski definition) is 5. The molecule has 1 aliphatic rings. The van der Waals surface area contributed by atoms with E-state index in [1.165, 1.54) is 27.4 Å². The minimum Gasteiger partial charge on any atom is -0.337 e. The Kier molecular flexibility index (Phi) is 6.85. The minimum absolute atomic E-state index is 0.330. The maximum Gasteiger partial charge on any atom is 0.267 e. The summed E-state index contributed by atoms with van der Waals surface area (Å²) in [4.78, 5) is 34.6. The van der Waals surface area contributed by atoms with E-state index >= 15 is 0 Å². The Labute approximate surface area is 243 Å². The van der Waals surface area contributed by atoms with Crippen molar-refractivity contribution >= 4 is 39.5 Å². The van der Waals surface area contributed by atoms with E-state index in [1.54, 1.807) is 12.3 Å². The molecule has 0 radical (unpaired) electrons. The number of carbonyl (C=O) groups is 2. The van der Waals surface area contributed by atoms with Gasteiger partial charge in [0.05, 0.1) is 21.8 Å². The van der Waals surface area contributed by atoms with Crippen molar-refractivity contribution in [3.63, 3.8) is 0 Å². The van der Waals surface area contributed by atoms with Gasteiger partial charge in [-0.3, -0.25) is 9.59 Å². The summed E-state index contributed by atoms with van der Waals surface area (Å²) in [7, 11) is 0. The molecule has 0 saturated carbocycles. The van der Waals surface area contributed by atoms with Crippen molar-refractivity contribution in [3.8, 4) is 21.7 Å². The van der Waals surface area contributed by atoms with Crippen LogP contribution in [0.15, 0.2) is 97.2 Å². The van der Waals surface area contributed by atoms with Gasteiger partial charge in [0, 0.05) is 22.9 Å². The predicted octanol–water partition coefficient (Wildman–Crippen LogP) is 8.35. The van der Waals surface area contributed by atoms with Crippen molar-refractivity contribution in [2.45, 2.75) is 27.7 Å². The zero-order valence-electron chi connectivity index (χ0n) is 23.4. The zero-order valence-corrected chi connectivity index (χ0v) is 24.2. The maximum absolute atomic E-state index is 13.9. The van der Waals surface area contributed by atoms with Gasteiger partial charge in [-0.05, 0) is 62.6 Å². The fourth-order valence-electron chi connectivity index (χ4n) is 4.91. The zero-order chi connectivity index (χ0) is 28.7. The number of thiazole rings is 1. The first-order valence-electron chi connectivity index (χ1n) is 13.5. The summed E-state index contributed by atoms with van der Waals surface area (Å²) < 4.78 is 0. The highest BCUT2D eigenvalue weighted by atomic mass is 32.1. The highest BCUT2D eigenvalue weighted by Gasteiger charge is 2.36. The van der Waals surface area contributed by atoms with E-state index < -0.39 is 0 Å². The van der Waals surface area contributed by atoms with Crippen LogP contribution in [-0.4, -0.2) is 16.8 Å². The highest BCUT2D eigenvalue weighted by molar-refractivity contribution is 7.19. The fourth-order valence-corrected chi connectivity index (χ4v) is 5.88. The van der Waals surface area contributed by atoms with E-state index in [-0.39, 0.29) is 11.8 Å². The van der Waals surface area contributed by atoms with Crippen LogP contribution < -0.4 is 10.2 Å². The molecule has 0 spiro atoms. The molecule has 202 valence electrons. The summed E-state index contributed by atoms with van der Waals surface area (Å²) in [6.45, 7) is 8.12. The monoisotopic (exact) mass is 555 g/mol. The summed E-state index contributed by atoms with van der Waals surface area (Å²) in [5.74, 6) is -0.706. The van der Waals surface area contributed by atoms with Gasteiger partial charge in [0.2, 0.25) is 0 Å². The molecular weight excluding hydrogens is 526 g/mol. The number of amides is 2. The maximum atomic E-state index is 13.9.